The average Bonchev–Trinajstić information content (AvgIpc) is 2.68. The molecule has 0 aromatic heterocycles. The van der Waals surface area contributed by atoms with Crippen LogP contribution in [0.4, 0.5) is 0 Å². The first-order valence-corrected chi connectivity index (χ1v) is 6.19. The molecule has 4 nitrogen and oxygen atoms in total. The van der Waals surface area contributed by atoms with Gasteiger partial charge in [0.05, 0.1) is 3.57 Å². The number of halogens is 1. The number of phenols is 1. The molecule has 0 bridgehead atoms. The number of amides is 1. The van der Waals surface area contributed by atoms with E-state index in [0.29, 0.717) is 18.7 Å². The Kier molecular flexibility index (Phi) is 3.34. The quantitative estimate of drug-likeness (QED) is 0.759. The minimum atomic E-state index is -0.0559. The van der Waals surface area contributed by atoms with Crippen LogP contribution < -0.4 is 5.73 Å². The van der Waals surface area contributed by atoms with Gasteiger partial charge in [-0.05, 0) is 47.2 Å². The standard InChI is InChI=1S/C11H13IN2O2/c12-9-2-1-7(5-10(9)15)11(16)14-4-3-8(13)6-14/h1-2,5,8,15H,3-4,6,13H2/t8-/m1/s1. The van der Waals surface area contributed by atoms with Crippen LogP contribution in [-0.2, 0) is 0 Å². The van der Waals surface area contributed by atoms with Crippen LogP contribution in [0.1, 0.15) is 16.8 Å². The van der Waals surface area contributed by atoms with Crippen molar-refractivity contribution in [2.75, 3.05) is 13.1 Å². The number of nitrogens with zero attached hydrogens (tertiary/aromatic N) is 1. The number of hydrogen-bond donors (Lipinski definition) is 2. The highest BCUT2D eigenvalue weighted by molar-refractivity contribution is 14.1. The van der Waals surface area contributed by atoms with E-state index in [9.17, 15) is 9.90 Å². The second kappa shape index (κ2) is 4.58. The van der Waals surface area contributed by atoms with Gasteiger partial charge in [-0.3, -0.25) is 4.79 Å². The summed E-state index contributed by atoms with van der Waals surface area (Å²) in [5.41, 5.74) is 6.27. The van der Waals surface area contributed by atoms with Crippen LogP contribution in [-0.4, -0.2) is 35.0 Å². The van der Waals surface area contributed by atoms with Gasteiger partial charge in [0.1, 0.15) is 5.75 Å². The number of benzene rings is 1. The monoisotopic (exact) mass is 332 g/mol. The van der Waals surface area contributed by atoms with Gasteiger partial charge in [0.2, 0.25) is 0 Å². The molecule has 0 saturated carbocycles. The number of hydrogen-bond acceptors (Lipinski definition) is 3. The predicted octanol–water partition coefficient (Wildman–Crippen LogP) is 1.17. The van der Waals surface area contributed by atoms with E-state index in [1.165, 1.54) is 6.07 Å². The topological polar surface area (TPSA) is 66.6 Å². The molecule has 0 aliphatic carbocycles. The fraction of sp³-hybridized carbons (Fsp3) is 0.364. The van der Waals surface area contributed by atoms with E-state index in [1.54, 1.807) is 17.0 Å². The van der Waals surface area contributed by atoms with Crippen LogP contribution >= 0.6 is 22.6 Å². The number of likely N-dealkylation sites (tertiary alicyclic amines) is 1. The Labute approximate surface area is 108 Å². The molecular weight excluding hydrogens is 319 g/mol. The highest BCUT2D eigenvalue weighted by Crippen LogP contribution is 2.22. The van der Waals surface area contributed by atoms with Gasteiger partial charge in [-0.1, -0.05) is 0 Å². The Morgan fingerprint density at radius 2 is 2.31 bits per heavy atom. The number of phenolic OH excluding ortho intramolecular Hbond substituents is 1. The lowest BCUT2D eigenvalue weighted by molar-refractivity contribution is 0.0790. The van der Waals surface area contributed by atoms with Crippen LogP contribution in [0, 0.1) is 3.57 Å². The normalized spacial score (nSPS) is 20.1. The fourth-order valence-electron chi connectivity index (χ4n) is 1.80. The van der Waals surface area contributed by atoms with E-state index < -0.39 is 0 Å². The van der Waals surface area contributed by atoms with Gasteiger partial charge in [-0.2, -0.15) is 0 Å². The summed E-state index contributed by atoms with van der Waals surface area (Å²) in [6.07, 6.45) is 0.849. The van der Waals surface area contributed by atoms with Crippen molar-refractivity contribution in [3.05, 3.63) is 27.3 Å². The van der Waals surface area contributed by atoms with Gasteiger partial charge in [0.15, 0.2) is 0 Å². The molecule has 16 heavy (non-hydrogen) atoms. The van der Waals surface area contributed by atoms with Gasteiger partial charge in [0.25, 0.3) is 5.91 Å². The van der Waals surface area contributed by atoms with Gasteiger partial charge in [0, 0.05) is 24.7 Å². The zero-order valence-electron chi connectivity index (χ0n) is 8.69. The second-order valence-corrected chi connectivity index (χ2v) is 5.13. The number of rotatable bonds is 1. The van der Waals surface area contributed by atoms with Crippen molar-refractivity contribution in [1.29, 1.82) is 0 Å². The Hall–Kier alpha value is -0.820. The van der Waals surface area contributed by atoms with Crippen LogP contribution in [0.3, 0.4) is 0 Å². The van der Waals surface area contributed by atoms with Crippen molar-refractivity contribution in [3.63, 3.8) is 0 Å². The highest BCUT2D eigenvalue weighted by atomic mass is 127. The third kappa shape index (κ3) is 2.30. The molecule has 1 heterocycles. The predicted molar refractivity (Wildman–Crippen MR) is 69.3 cm³/mol. The third-order valence-electron chi connectivity index (χ3n) is 2.71. The lowest BCUT2D eigenvalue weighted by atomic mass is 10.2. The minimum absolute atomic E-state index is 0.0559. The van der Waals surface area contributed by atoms with E-state index in [2.05, 4.69) is 0 Å². The van der Waals surface area contributed by atoms with Crippen LogP contribution in [0.2, 0.25) is 0 Å². The fourth-order valence-corrected chi connectivity index (χ4v) is 2.14. The maximum Gasteiger partial charge on any atom is 0.254 e. The van der Waals surface area contributed by atoms with Crippen LogP contribution in [0.25, 0.3) is 0 Å². The number of carbonyl (C=O) groups is 1. The first-order valence-electron chi connectivity index (χ1n) is 5.11. The molecule has 1 atom stereocenters. The molecule has 5 heteroatoms. The molecule has 0 radical (unpaired) electrons. The Morgan fingerprint density at radius 3 is 2.88 bits per heavy atom. The van der Waals surface area contributed by atoms with E-state index >= 15 is 0 Å². The van der Waals surface area contributed by atoms with Crippen LogP contribution in [0.15, 0.2) is 18.2 Å². The van der Waals surface area contributed by atoms with E-state index in [1.807, 2.05) is 22.6 Å². The molecule has 2 rings (SSSR count). The summed E-state index contributed by atoms with van der Waals surface area (Å²) in [6, 6.07) is 5.06. The number of carbonyl (C=O) groups excluding carboxylic acids is 1. The van der Waals surface area contributed by atoms with Crippen molar-refractivity contribution in [2.45, 2.75) is 12.5 Å². The van der Waals surface area contributed by atoms with Crippen molar-refractivity contribution in [2.24, 2.45) is 5.73 Å². The Morgan fingerprint density at radius 1 is 1.56 bits per heavy atom. The number of nitrogens with two attached hydrogens (primary N) is 1. The zero-order valence-corrected chi connectivity index (χ0v) is 10.8. The third-order valence-corrected chi connectivity index (χ3v) is 3.62. The molecule has 1 saturated heterocycles. The van der Waals surface area contributed by atoms with Crippen molar-refractivity contribution in [1.82, 2.24) is 4.90 Å². The van der Waals surface area contributed by atoms with Crippen LogP contribution in [0.5, 0.6) is 5.75 Å². The molecule has 86 valence electrons. The maximum atomic E-state index is 12.0. The number of aromatic hydroxyl groups is 1. The summed E-state index contributed by atoms with van der Waals surface area (Å²) < 4.78 is 0.743. The highest BCUT2D eigenvalue weighted by Gasteiger charge is 2.24. The summed E-state index contributed by atoms with van der Waals surface area (Å²) in [4.78, 5) is 13.7. The van der Waals surface area contributed by atoms with Crippen molar-refractivity contribution >= 4 is 28.5 Å². The van der Waals surface area contributed by atoms with Crippen molar-refractivity contribution in [3.8, 4) is 5.75 Å². The molecule has 1 amide bonds. The molecule has 1 aliphatic heterocycles. The maximum absolute atomic E-state index is 12.0. The lowest BCUT2D eigenvalue weighted by Crippen LogP contribution is -2.31. The summed E-state index contributed by atoms with van der Waals surface area (Å²) in [7, 11) is 0. The molecule has 0 spiro atoms. The van der Waals surface area contributed by atoms with Gasteiger partial charge in [-0.15, -0.1) is 0 Å². The van der Waals surface area contributed by atoms with Gasteiger partial charge >= 0.3 is 0 Å². The summed E-state index contributed by atoms with van der Waals surface area (Å²) in [5, 5.41) is 9.54. The summed E-state index contributed by atoms with van der Waals surface area (Å²) in [5.74, 6) is 0.0922. The average molecular weight is 332 g/mol. The molecule has 1 fully saturated rings. The van der Waals surface area contributed by atoms with Gasteiger partial charge in [-0.25, -0.2) is 0 Å². The lowest BCUT2D eigenvalue weighted by Gasteiger charge is -2.15. The van der Waals surface area contributed by atoms with Gasteiger partial charge < -0.3 is 15.7 Å². The molecular formula is C11H13IN2O2. The van der Waals surface area contributed by atoms with E-state index in [4.69, 9.17) is 5.73 Å². The summed E-state index contributed by atoms with van der Waals surface area (Å²) in [6.45, 7) is 1.30. The minimum Gasteiger partial charge on any atom is -0.507 e. The van der Waals surface area contributed by atoms with E-state index in [0.717, 1.165) is 9.99 Å². The Bertz CT molecular complexity index is 422. The first kappa shape index (κ1) is 11.7. The molecule has 1 aliphatic rings. The SMILES string of the molecule is N[C@@H]1CCN(C(=O)c2ccc(I)c(O)c2)C1. The summed E-state index contributed by atoms with van der Waals surface area (Å²) >= 11 is 2.02. The molecule has 3 N–H and O–H groups in total. The van der Waals surface area contributed by atoms with E-state index in [-0.39, 0.29) is 17.7 Å². The zero-order chi connectivity index (χ0) is 11.7. The first-order chi connectivity index (χ1) is 7.58. The molecule has 1 aromatic carbocycles. The molecule has 1 aromatic rings. The smallest absolute Gasteiger partial charge is 0.254 e. The van der Waals surface area contributed by atoms with Crippen molar-refractivity contribution < 1.29 is 9.90 Å². The Balaban J connectivity index is 2.18. The molecule has 0 unspecified atom stereocenters. The largest absolute Gasteiger partial charge is 0.507 e. The second-order valence-electron chi connectivity index (χ2n) is 3.97.